The summed E-state index contributed by atoms with van der Waals surface area (Å²) in [6, 6.07) is 15.9. The third-order valence-corrected chi connectivity index (χ3v) is 3.76. The highest BCUT2D eigenvalue weighted by Crippen LogP contribution is 2.27. The number of rotatable bonds is 5. The van der Waals surface area contributed by atoms with Gasteiger partial charge in [-0.2, -0.15) is 0 Å². The van der Waals surface area contributed by atoms with Crippen molar-refractivity contribution in [3.63, 3.8) is 0 Å². The van der Waals surface area contributed by atoms with Gasteiger partial charge in [0, 0.05) is 19.0 Å². The Balaban J connectivity index is 1.64. The van der Waals surface area contributed by atoms with E-state index >= 15 is 0 Å². The minimum Gasteiger partial charge on any atom is -0.465 e. The first-order valence-corrected chi connectivity index (χ1v) is 7.77. The van der Waals surface area contributed by atoms with Gasteiger partial charge in [-0.05, 0) is 30.5 Å². The Labute approximate surface area is 131 Å². The molecule has 3 N–H and O–H groups in total. The molecule has 1 saturated heterocycles. The third kappa shape index (κ3) is 3.92. The molecule has 0 spiro atoms. The van der Waals surface area contributed by atoms with E-state index in [0.29, 0.717) is 5.69 Å². The monoisotopic (exact) mass is 298 g/mol. The number of benzene rings is 2. The predicted molar refractivity (Wildman–Crippen MR) is 88.8 cm³/mol. The highest BCUT2D eigenvalue weighted by Gasteiger charge is 2.15. The van der Waals surface area contributed by atoms with Gasteiger partial charge in [-0.25, -0.2) is 0 Å². The summed E-state index contributed by atoms with van der Waals surface area (Å²) in [4.78, 5) is 0. The van der Waals surface area contributed by atoms with Gasteiger partial charge < -0.3 is 20.5 Å². The normalized spacial score (nSPS) is 17.9. The van der Waals surface area contributed by atoms with Gasteiger partial charge in [-0.3, -0.25) is 0 Å². The molecule has 116 valence electrons. The summed E-state index contributed by atoms with van der Waals surface area (Å²) in [5.74, 6) is 0.789. The van der Waals surface area contributed by atoms with Crippen molar-refractivity contribution in [2.45, 2.75) is 32.1 Å². The zero-order valence-electron chi connectivity index (χ0n) is 12.6. The molecular weight excluding hydrogens is 276 g/mol. The summed E-state index contributed by atoms with van der Waals surface area (Å²) in [5, 5.41) is 3.36. The van der Waals surface area contributed by atoms with Crippen molar-refractivity contribution in [1.82, 2.24) is 0 Å². The molecule has 1 heterocycles. The molecular formula is C18H22N2O2. The number of anilines is 2. The van der Waals surface area contributed by atoms with E-state index < -0.39 is 0 Å². The minimum absolute atomic E-state index is 0.139. The number of ether oxygens (including phenoxy) is 2. The molecule has 2 aromatic rings. The van der Waals surface area contributed by atoms with E-state index in [1.807, 2.05) is 36.4 Å². The van der Waals surface area contributed by atoms with Crippen LogP contribution in [-0.2, 0) is 11.3 Å². The fourth-order valence-electron chi connectivity index (χ4n) is 2.51. The predicted octanol–water partition coefficient (Wildman–Crippen LogP) is 3.79. The quantitative estimate of drug-likeness (QED) is 0.825. The van der Waals surface area contributed by atoms with E-state index in [4.69, 9.17) is 15.2 Å². The summed E-state index contributed by atoms with van der Waals surface area (Å²) in [6.45, 7) is 1.51. The van der Waals surface area contributed by atoms with Crippen LogP contribution in [0.15, 0.2) is 48.5 Å². The summed E-state index contributed by atoms with van der Waals surface area (Å²) < 4.78 is 11.5. The van der Waals surface area contributed by atoms with Gasteiger partial charge >= 0.3 is 0 Å². The summed E-state index contributed by atoms with van der Waals surface area (Å²) >= 11 is 0. The standard InChI is InChI=1S/C18H22N2O2/c19-16-10-9-15(22-18-8-4-5-11-21-18)12-17(16)20-13-14-6-2-1-3-7-14/h1-3,6-7,9-10,12,18,20H,4-5,8,11,13,19H2. The molecule has 0 aliphatic carbocycles. The largest absolute Gasteiger partial charge is 0.465 e. The van der Waals surface area contributed by atoms with Crippen molar-refractivity contribution in [2.24, 2.45) is 0 Å². The Morgan fingerprint density at radius 1 is 1.14 bits per heavy atom. The molecule has 0 aromatic heterocycles. The first-order valence-electron chi connectivity index (χ1n) is 7.77. The molecule has 1 atom stereocenters. The van der Waals surface area contributed by atoms with E-state index in [0.717, 1.165) is 43.9 Å². The van der Waals surface area contributed by atoms with Gasteiger partial charge in [-0.1, -0.05) is 30.3 Å². The first kappa shape index (κ1) is 14.7. The summed E-state index contributed by atoms with van der Waals surface area (Å²) in [7, 11) is 0. The van der Waals surface area contributed by atoms with Gasteiger partial charge in [0.1, 0.15) is 5.75 Å². The van der Waals surface area contributed by atoms with E-state index in [-0.39, 0.29) is 6.29 Å². The molecule has 1 unspecified atom stereocenters. The Morgan fingerprint density at radius 2 is 2.00 bits per heavy atom. The number of hydrogen-bond donors (Lipinski definition) is 2. The van der Waals surface area contributed by atoms with Crippen LogP contribution in [0.5, 0.6) is 5.75 Å². The van der Waals surface area contributed by atoms with Crippen LogP contribution in [0.25, 0.3) is 0 Å². The molecule has 22 heavy (non-hydrogen) atoms. The zero-order chi connectivity index (χ0) is 15.2. The second-order valence-corrected chi connectivity index (χ2v) is 5.50. The van der Waals surface area contributed by atoms with E-state index in [1.54, 1.807) is 0 Å². The molecule has 0 bridgehead atoms. The molecule has 0 radical (unpaired) electrons. The Bertz CT molecular complexity index is 595. The SMILES string of the molecule is Nc1ccc(OC2CCCCO2)cc1NCc1ccccc1. The van der Waals surface area contributed by atoms with E-state index in [2.05, 4.69) is 17.4 Å². The molecule has 4 heteroatoms. The Kier molecular flexibility index (Phi) is 4.81. The van der Waals surface area contributed by atoms with Crippen LogP contribution in [-0.4, -0.2) is 12.9 Å². The number of nitrogens with one attached hydrogen (secondary N) is 1. The molecule has 0 saturated carbocycles. The van der Waals surface area contributed by atoms with Crippen LogP contribution < -0.4 is 15.8 Å². The molecule has 1 aliphatic rings. The van der Waals surface area contributed by atoms with Crippen molar-refractivity contribution < 1.29 is 9.47 Å². The second-order valence-electron chi connectivity index (χ2n) is 5.50. The van der Waals surface area contributed by atoms with Crippen molar-refractivity contribution in [3.8, 4) is 5.75 Å². The first-order chi connectivity index (χ1) is 10.8. The fraction of sp³-hybridized carbons (Fsp3) is 0.333. The molecule has 0 amide bonds. The molecule has 1 aliphatic heterocycles. The molecule has 4 nitrogen and oxygen atoms in total. The maximum Gasteiger partial charge on any atom is 0.199 e. The fourth-order valence-corrected chi connectivity index (χ4v) is 2.51. The molecule has 1 fully saturated rings. The van der Waals surface area contributed by atoms with Crippen LogP contribution in [0.4, 0.5) is 11.4 Å². The van der Waals surface area contributed by atoms with Gasteiger partial charge in [0.2, 0.25) is 0 Å². The Hall–Kier alpha value is -2.20. The lowest BCUT2D eigenvalue weighted by molar-refractivity contribution is -0.105. The van der Waals surface area contributed by atoms with Crippen LogP contribution in [0.3, 0.4) is 0 Å². The number of nitrogens with two attached hydrogens (primary N) is 1. The average Bonchev–Trinajstić information content (AvgIpc) is 2.57. The van der Waals surface area contributed by atoms with Crippen molar-refractivity contribution in [2.75, 3.05) is 17.7 Å². The molecule has 2 aromatic carbocycles. The third-order valence-electron chi connectivity index (χ3n) is 3.76. The smallest absolute Gasteiger partial charge is 0.199 e. The van der Waals surface area contributed by atoms with Crippen molar-refractivity contribution in [1.29, 1.82) is 0 Å². The van der Waals surface area contributed by atoms with Crippen LogP contribution in [0, 0.1) is 0 Å². The highest BCUT2D eigenvalue weighted by molar-refractivity contribution is 5.68. The lowest BCUT2D eigenvalue weighted by Gasteiger charge is -2.24. The maximum absolute atomic E-state index is 6.04. The summed E-state index contributed by atoms with van der Waals surface area (Å²) in [6.07, 6.45) is 3.07. The van der Waals surface area contributed by atoms with Crippen LogP contribution >= 0.6 is 0 Å². The zero-order valence-corrected chi connectivity index (χ0v) is 12.6. The van der Waals surface area contributed by atoms with Crippen LogP contribution in [0.2, 0.25) is 0 Å². The average molecular weight is 298 g/mol. The van der Waals surface area contributed by atoms with Gasteiger partial charge in [0.05, 0.1) is 18.0 Å². The topological polar surface area (TPSA) is 56.5 Å². The van der Waals surface area contributed by atoms with Crippen LogP contribution in [0.1, 0.15) is 24.8 Å². The van der Waals surface area contributed by atoms with Gasteiger partial charge in [-0.15, -0.1) is 0 Å². The second kappa shape index (κ2) is 7.18. The molecule has 3 rings (SSSR count). The lowest BCUT2D eigenvalue weighted by atomic mass is 10.2. The number of nitrogen functional groups attached to an aromatic ring is 1. The van der Waals surface area contributed by atoms with E-state index in [1.165, 1.54) is 5.56 Å². The lowest BCUT2D eigenvalue weighted by Crippen LogP contribution is -2.25. The highest BCUT2D eigenvalue weighted by atomic mass is 16.7. The maximum atomic E-state index is 6.04. The van der Waals surface area contributed by atoms with E-state index in [9.17, 15) is 0 Å². The summed E-state index contributed by atoms with van der Waals surface area (Å²) in [5.41, 5.74) is 8.85. The Morgan fingerprint density at radius 3 is 2.77 bits per heavy atom. The van der Waals surface area contributed by atoms with Gasteiger partial charge in [0.25, 0.3) is 0 Å². The van der Waals surface area contributed by atoms with Gasteiger partial charge in [0.15, 0.2) is 6.29 Å². The van der Waals surface area contributed by atoms with Crippen molar-refractivity contribution in [3.05, 3.63) is 54.1 Å². The minimum atomic E-state index is -0.139. The van der Waals surface area contributed by atoms with Crippen molar-refractivity contribution >= 4 is 11.4 Å². The number of hydrogen-bond acceptors (Lipinski definition) is 4.